The number of benzene rings is 1. The van der Waals surface area contributed by atoms with Gasteiger partial charge in [0.15, 0.2) is 0 Å². The van der Waals surface area contributed by atoms with Crippen LogP contribution in [0.1, 0.15) is 18.4 Å². The molecule has 2 rings (SSSR count). The van der Waals surface area contributed by atoms with E-state index in [0.717, 1.165) is 18.4 Å². The van der Waals surface area contributed by atoms with Gasteiger partial charge in [-0.05, 0) is 24.5 Å². The van der Waals surface area contributed by atoms with Gasteiger partial charge in [0.05, 0.1) is 11.5 Å². The number of carboxylic acids is 1. The molecule has 1 aromatic rings. The first-order valence-electron chi connectivity index (χ1n) is 5.86. The molecule has 6 nitrogen and oxygen atoms in total. The molecule has 0 radical (unpaired) electrons. The quantitative estimate of drug-likeness (QED) is 0.640. The van der Waals surface area contributed by atoms with E-state index in [4.69, 9.17) is 5.11 Å². The Kier molecular flexibility index (Phi) is 4.16. The molecule has 0 spiro atoms. The molecule has 0 heterocycles. The molecule has 0 amide bonds. The van der Waals surface area contributed by atoms with E-state index < -0.39 is 10.9 Å². The van der Waals surface area contributed by atoms with Crippen molar-refractivity contribution < 1.29 is 14.8 Å². The summed E-state index contributed by atoms with van der Waals surface area (Å²) in [6.07, 6.45) is 2.02. The molecule has 19 heavy (non-hydrogen) atoms. The van der Waals surface area contributed by atoms with Crippen LogP contribution in [0.4, 0.5) is 5.69 Å². The molecule has 1 aromatic carbocycles. The average molecular weight is 329 g/mol. The maximum absolute atomic E-state index is 10.8. The van der Waals surface area contributed by atoms with Gasteiger partial charge in [0.1, 0.15) is 0 Å². The van der Waals surface area contributed by atoms with Gasteiger partial charge >= 0.3 is 5.97 Å². The van der Waals surface area contributed by atoms with Gasteiger partial charge in [-0.3, -0.25) is 19.8 Å². The van der Waals surface area contributed by atoms with Crippen molar-refractivity contribution in [2.24, 2.45) is 0 Å². The highest BCUT2D eigenvalue weighted by Gasteiger charge is 2.30. The largest absolute Gasteiger partial charge is 0.480 e. The molecular weight excluding hydrogens is 316 g/mol. The van der Waals surface area contributed by atoms with E-state index in [0.29, 0.717) is 17.1 Å². The van der Waals surface area contributed by atoms with Crippen LogP contribution < -0.4 is 0 Å². The second kappa shape index (κ2) is 5.66. The zero-order valence-electron chi connectivity index (χ0n) is 10.1. The summed E-state index contributed by atoms with van der Waals surface area (Å²) < 4.78 is 0.637. The molecule has 1 fully saturated rings. The number of nitro groups is 1. The average Bonchev–Trinajstić information content (AvgIpc) is 3.13. The van der Waals surface area contributed by atoms with Crippen LogP contribution in [0.5, 0.6) is 0 Å². The molecule has 0 saturated heterocycles. The van der Waals surface area contributed by atoms with Crippen LogP contribution in [0.25, 0.3) is 0 Å². The first kappa shape index (κ1) is 14.0. The molecule has 1 N–H and O–H groups in total. The lowest BCUT2D eigenvalue weighted by molar-refractivity contribution is -0.384. The van der Waals surface area contributed by atoms with Crippen molar-refractivity contribution in [3.8, 4) is 0 Å². The number of hydrogen-bond acceptors (Lipinski definition) is 4. The van der Waals surface area contributed by atoms with Crippen molar-refractivity contribution in [1.29, 1.82) is 0 Å². The summed E-state index contributed by atoms with van der Waals surface area (Å²) in [6, 6.07) is 4.87. The Bertz CT molecular complexity index is 516. The second-order valence-corrected chi connectivity index (χ2v) is 5.42. The van der Waals surface area contributed by atoms with Gasteiger partial charge in [-0.2, -0.15) is 0 Å². The van der Waals surface area contributed by atoms with E-state index in [2.05, 4.69) is 15.9 Å². The number of hydrogen-bond donors (Lipinski definition) is 1. The predicted octanol–water partition coefficient (Wildman–Crippen LogP) is 2.41. The molecule has 0 aliphatic heterocycles. The summed E-state index contributed by atoms with van der Waals surface area (Å²) in [5.41, 5.74) is 0.880. The van der Waals surface area contributed by atoms with E-state index in [9.17, 15) is 14.9 Å². The Morgan fingerprint density at radius 1 is 1.53 bits per heavy atom. The van der Waals surface area contributed by atoms with Crippen molar-refractivity contribution in [3.05, 3.63) is 38.3 Å². The molecule has 0 atom stereocenters. The predicted molar refractivity (Wildman–Crippen MR) is 71.9 cm³/mol. The number of nitrogens with zero attached hydrogens (tertiary/aromatic N) is 2. The lowest BCUT2D eigenvalue weighted by atomic mass is 10.2. The second-order valence-electron chi connectivity index (χ2n) is 4.56. The smallest absolute Gasteiger partial charge is 0.317 e. The Labute approximate surface area is 118 Å². The number of halogens is 1. The van der Waals surface area contributed by atoms with Crippen LogP contribution >= 0.6 is 15.9 Å². The van der Waals surface area contributed by atoms with Crippen LogP contribution in [-0.2, 0) is 11.3 Å². The van der Waals surface area contributed by atoms with Crippen molar-refractivity contribution in [1.82, 2.24) is 4.90 Å². The first-order chi connectivity index (χ1) is 8.97. The normalized spacial score (nSPS) is 14.6. The van der Waals surface area contributed by atoms with E-state index in [1.807, 2.05) is 4.90 Å². The summed E-state index contributed by atoms with van der Waals surface area (Å²) in [4.78, 5) is 22.9. The molecule has 102 valence electrons. The molecule has 1 saturated carbocycles. The molecule has 0 bridgehead atoms. The van der Waals surface area contributed by atoms with E-state index in [1.165, 1.54) is 12.1 Å². The molecule has 0 aromatic heterocycles. The number of rotatable bonds is 6. The SMILES string of the molecule is O=C(O)CN(Cc1ccc([N+](=O)[O-])cc1Br)C1CC1. The fraction of sp³-hybridized carbons (Fsp3) is 0.417. The lowest BCUT2D eigenvalue weighted by Crippen LogP contribution is -2.31. The van der Waals surface area contributed by atoms with Crippen LogP contribution in [0.3, 0.4) is 0 Å². The van der Waals surface area contributed by atoms with E-state index >= 15 is 0 Å². The molecule has 7 heteroatoms. The van der Waals surface area contributed by atoms with E-state index in [-0.39, 0.29) is 12.2 Å². The highest BCUT2D eigenvalue weighted by Crippen LogP contribution is 2.30. The monoisotopic (exact) mass is 328 g/mol. The van der Waals surface area contributed by atoms with Crippen molar-refractivity contribution in [2.45, 2.75) is 25.4 Å². The van der Waals surface area contributed by atoms with Crippen LogP contribution in [0, 0.1) is 10.1 Å². The van der Waals surface area contributed by atoms with Gasteiger partial charge < -0.3 is 5.11 Å². The van der Waals surface area contributed by atoms with Gasteiger partial charge in [-0.1, -0.05) is 15.9 Å². The zero-order chi connectivity index (χ0) is 14.0. The van der Waals surface area contributed by atoms with Crippen LogP contribution in [0.15, 0.2) is 22.7 Å². The summed E-state index contributed by atoms with van der Waals surface area (Å²) in [7, 11) is 0. The van der Waals surface area contributed by atoms with Crippen LogP contribution in [0.2, 0.25) is 0 Å². The summed E-state index contributed by atoms with van der Waals surface area (Å²) in [5.74, 6) is -0.857. The summed E-state index contributed by atoms with van der Waals surface area (Å²) in [6.45, 7) is 0.476. The Morgan fingerprint density at radius 3 is 2.68 bits per heavy atom. The standard InChI is InChI=1S/C12H13BrN2O4/c13-11-5-10(15(18)19)2-1-8(11)6-14(7-12(16)17)9-3-4-9/h1-2,5,9H,3-4,6-7H2,(H,16,17). The first-order valence-corrected chi connectivity index (χ1v) is 6.65. The number of non-ortho nitro benzene ring substituents is 1. The van der Waals surface area contributed by atoms with Gasteiger partial charge in [0, 0.05) is 29.2 Å². The highest BCUT2D eigenvalue weighted by atomic mass is 79.9. The molecular formula is C12H13BrN2O4. The van der Waals surface area contributed by atoms with Crippen molar-refractivity contribution in [3.63, 3.8) is 0 Å². The highest BCUT2D eigenvalue weighted by molar-refractivity contribution is 9.10. The summed E-state index contributed by atoms with van der Waals surface area (Å²) >= 11 is 3.30. The Hall–Kier alpha value is -1.47. The maximum atomic E-state index is 10.8. The molecule has 0 unspecified atom stereocenters. The minimum Gasteiger partial charge on any atom is -0.480 e. The number of carbonyl (C=O) groups is 1. The minimum atomic E-state index is -0.857. The third-order valence-corrected chi connectivity index (χ3v) is 3.76. The number of carboxylic acid groups (broad SMARTS) is 1. The summed E-state index contributed by atoms with van der Waals surface area (Å²) in [5, 5.41) is 19.5. The zero-order valence-corrected chi connectivity index (χ0v) is 11.7. The van der Waals surface area contributed by atoms with Gasteiger partial charge in [-0.15, -0.1) is 0 Å². The fourth-order valence-electron chi connectivity index (χ4n) is 1.92. The third kappa shape index (κ3) is 3.74. The Morgan fingerprint density at radius 2 is 2.21 bits per heavy atom. The third-order valence-electron chi connectivity index (χ3n) is 3.02. The van der Waals surface area contributed by atoms with Crippen LogP contribution in [-0.4, -0.2) is 33.5 Å². The topological polar surface area (TPSA) is 83.7 Å². The van der Waals surface area contributed by atoms with Crippen molar-refractivity contribution in [2.75, 3.05) is 6.54 Å². The minimum absolute atomic E-state index is 0.00586. The molecule has 1 aliphatic carbocycles. The number of aliphatic carboxylic acids is 1. The number of nitro benzene ring substituents is 1. The lowest BCUT2D eigenvalue weighted by Gasteiger charge is -2.20. The van der Waals surface area contributed by atoms with Gasteiger partial charge in [-0.25, -0.2) is 0 Å². The maximum Gasteiger partial charge on any atom is 0.317 e. The molecule has 1 aliphatic rings. The van der Waals surface area contributed by atoms with Gasteiger partial charge in [0.25, 0.3) is 5.69 Å². The van der Waals surface area contributed by atoms with Crippen molar-refractivity contribution >= 4 is 27.6 Å². The fourth-order valence-corrected chi connectivity index (χ4v) is 2.42. The van der Waals surface area contributed by atoms with Gasteiger partial charge in [0.2, 0.25) is 0 Å². The van der Waals surface area contributed by atoms with E-state index in [1.54, 1.807) is 6.07 Å². The Balaban J connectivity index is 2.12.